The van der Waals surface area contributed by atoms with Gasteiger partial charge in [0.2, 0.25) is 5.88 Å². The standard InChI is InChI=1S/C26H27NO6/c1-4-32-26(29)24-22(18-11-10-17(30-2)14-20(18)31-3)23-19(28)12-16(13-21(23)33-25(24)27)15-8-6-5-7-9-15/h5-11,14,16,22H,4,12-13,27H2,1-3H3/t16-,22+/m0/s1. The predicted molar refractivity (Wildman–Crippen MR) is 122 cm³/mol. The maximum absolute atomic E-state index is 13.5. The number of ether oxygens (including phenoxy) is 4. The number of esters is 1. The van der Waals surface area contributed by atoms with Gasteiger partial charge in [0.25, 0.3) is 0 Å². The molecule has 0 amide bonds. The molecule has 2 aromatic carbocycles. The Morgan fingerprint density at radius 3 is 2.52 bits per heavy atom. The lowest BCUT2D eigenvalue weighted by molar-refractivity contribution is -0.139. The van der Waals surface area contributed by atoms with Crippen molar-refractivity contribution >= 4 is 11.8 Å². The molecule has 0 unspecified atom stereocenters. The molecule has 0 aromatic heterocycles. The van der Waals surface area contributed by atoms with Gasteiger partial charge in [0.05, 0.1) is 26.7 Å². The van der Waals surface area contributed by atoms with Crippen LogP contribution >= 0.6 is 0 Å². The van der Waals surface area contributed by atoms with Crippen molar-refractivity contribution in [2.24, 2.45) is 5.73 Å². The Morgan fingerprint density at radius 1 is 1.09 bits per heavy atom. The van der Waals surface area contributed by atoms with E-state index < -0.39 is 11.9 Å². The molecule has 172 valence electrons. The van der Waals surface area contributed by atoms with E-state index in [2.05, 4.69) is 0 Å². The minimum atomic E-state index is -0.766. The Kier molecular flexibility index (Phi) is 6.40. The average Bonchev–Trinajstić information content (AvgIpc) is 2.83. The SMILES string of the molecule is CCOC(=O)C1=C(N)OC2=C(C(=O)C[C@H](c3ccccc3)C2)[C@H]1c1ccc(OC)cc1OC. The van der Waals surface area contributed by atoms with E-state index in [0.29, 0.717) is 41.2 Å². The molecule has 2 aromatic rings. The first-order chi connectivity index (χ1) is 16.0. The maximum Gasteiger partial charge on any atom is 0.340 e. The monoisotopic (exact) mass is 449 g/mol. The van der Waals surface area contributed by atoms with Crippen LogP contribution in [0.1, 0.15) is 42.7 Å². The van der Waals surface area contributed by atoms with E-state index in [1.54, 1.807) is 32.2 Å². The molecule has 4 rings (SSSR count). The highest BCUT2D eigenvalue weighted by Crippen LogP contribution is 2.49. The van der Waals surface area contributed by atoms with E-state index in [-0.39, 0.29) is 29.8 Å². The Morgan fingerprint density at radius 2 is 1.85 bits per heavy atom. The zero-order valence-corrected chi connectivity index (χ0v) is 18.9. The van der Waals surface area contributed by atoms with E-state index in [1.165, 1.54) is 7.11 Å². The van der Waals surface area contributed by atoms with Gasteiger partial charge < -0.3 is 24.7 Å². The number of carbonyl (C=O) groups excluding carboxylic acids is 2. The maximum atomic E-state index is 13.5. The molecular weight excluding hydrogens is 422 g/mol. The second-order valence-electron chi connectivity index (χ2n) is 7.92. The minimum absolute atomic E-state index is 0.0344. The number of hydrogen-bond donors (Lipinski definition) is 1. The molecule has 0 bridgehead atoms. The van der Waals surface area contributed by atoms with Gasteiger partial charge in [-0.1, -0.05) is 36.4 Å². The van der Waals surface area contributed by atoms with Crippen LogP contribution in [-0.4, -0.2) is 32.6 Å². The summed E-state index contributed by atoms with van der Waals surface area (Å²) < 4.78 is 22.1. The third-order valence-corrected chi connectivity index (χ3v) is 6.06. The first-order valence-corrected chi connectivity index (χ1v) is 10.9. The zero-order chi connectivity index (χ0) is 23.5. The number of methoxy groups -OCH3 is 2. The van der Waals surface area contributed by atoms with Crippen LogP contribution in [0, 0.1) is 0 Å². The molecule has 0 saturated carbocycles. The molecule has 33 heavy (non-hydrogen) atoms. The Labute approximate surface area is 192 Å². The summed E-state index contributed by atoms with van der Waals surface area (Å²) in [4.78, 5) is 26.5. The summed E-state index contributed by atoms with van der Waals surface area (Å²) in [5.74, 6) is -0.0354. The van der Waals surface area contributed by atoms with Crippen LogP contribution in [0.15, 0.2) is 71.3 Å². The van der Waals surface area contributed by atoms with Gasteiger partial charge in [0.1, 0.15) is 22.8 Å². The summed E-state index contributed by atoms with van der Waals surface area (Å²) in [7, 11) is 3.08. The molecular formula is C26H27NO6. The molecule has 1 heterocycles. The Balaban J connectivity index is 1.85. The normalized spacial score (nSPS) is 20.2. The zero-order valence-electron chi connectivity index (χ0n) is 18.9. The van der Waals surface area contributed by atoms with Gasteiger partial charge in [0.15, 0.2) is 5.78 Å². The second-order valence-corrected chi connectivity index (χ2v) is 7.92. The molecule has 0 saturated heterocycles. The number of hydrogen-bond acceptors (Lipinski definition) is 7. The first-order valence-electron chi connectivity index (χ1n) is 10.9. The van der Waals surface area contributed by atoms with Gasteiger partial charge in [-0.25, -0.2) is 4.79 Å². The lowest BCUT2D eigenvalue weighted by Crippen LogP contribution is -2.33. The molecule has 0 fully saturated rings. The summed E-state index contributed by atoms with van der Waals surface area (Å²) in [6, 6.07) is 15.1. The van der Waals surface area contributed by atoms with E-state index in [0.717, 1.165) is 5.56 Å². The highest BCUT2D eigenvalue weighted by atomic mass is 16.5. The number of allylic oxidation sites excluding steroid dienone is 2. The number of Topliss-reactive ketones (excluding diaryl/α,β-unsaturated/α-hetero) is 1. The second kappa shape index (κ2) is 9.40. The van der Waals surface area contributed by atoms with Crippen molar-refractivity contribution in [3.05, 3.63) is 82.4 Å². The van der Waals surface area contributed by atoms with Crippen molar-refractivity contribution in [3.8, 4) is 11.5 Å². The highest BCUT2D eigenvalue weighted by molar-refractivity contribution is 6.04. The van der Waals surface area contributed by atoms with Crippen LogP contribution in [-0.2, 0) is 19.1 Å². The molecule has 1 aliphatic carbocycles. The summed E-state index contributed by atoms with van der Waals surface area (Å²) in [5, 5.41) is 0. The number of benzene rings is 2. The lowest BCUT2D eigenvalue weighted by Gasteiger charge is -2.35. The molecule has 7 nitrogen and oxygen atoms in total. The Hall–Kier alpha value is -3.74. The van der Waals surface area contributed by atoms with Crippen LogP contribution < -0.4 is 15.2 Å². The molecule has 2 N–H and O–H groups in total. The van der Waals surface area contributed by atoms with Gasteiger partial charge in [0, 0.05) is 30.0 Å². The van der Waals surface area contributed by atoms with Crippen molar-refractivity contribution in [1.29, 1.82) is 0 Å². The summed E-state index contributed by atoms with van der Waals surface area (Å²) in [6.07, 6.45) is 0.800. The summed E-state index contributed by atoms with van der Waals surface area (Å²) >= 11 is 0. The van der Waals surface area contributed by atoms with E-state index in [4.69, 9.17) is 24.7 Å². The fourth-order valence-electron chi connectivity index (χ4n) is 4.54. The van der Waals surface area contributed by atoms with Gasteiger partial charge in [-0.15, -0.1) is 0 Å². The van der Waals surface area contributed by atoms with Crippen molar-refractivity contribution in [3.63, 3.8) is 0 Å². The van der Waals surface area contributed by atoms with Gasteiger partial charge in [-0.05, 0) is 24.5 Å². The average molecular weight is 450 g/mol. The van der Waals surface area contributed by atoms with Gasteiger partial charge in [-0.3, -0.25) is 4.79 Å². The van der Waals surface area contributed by atoms with Crippen LogP contribution in [0.4, 0.5) is 0 Å². The van der Waals surface area contributed by atoms with E-state index in [9.17, 15) is 9.59 Å². The molecule has 0 radical (unpaired) electrons. The molecule has 7 heteroatoms. The fraction of sp³-hybridized carbons (Fsp3) is 0.308. The molecule has 0 spiro atoms. The minimum Gasteiger partial charge on any atom is -0.497 e. The third kappa shape index (κ3) is 4.18. The Bertz CT molecular complexity index is 1130. The number of nitrogens with two attached hydrogens (primary N) is 1. The highest BCUT2D eigenvalue weighted by Gasteiger charge is 2.44. The van der Waals surface area contributed by atoms with Crippen LogP contribution in [0.25, 0.3) is 0 Å². The van der Waals surface area contributed by atoms with Crippen molar-refractivity contribution in [2.75, 3.05) is 20.8 Å². The molecule has 2 atom stereocenters. The topological polar surface area (TPSA) is 97.1 Å². The van der Waals surface area contributed by atoms with Gasteiger partial charge in [-0.2, -0.15) is 0 Å². The van der Waals surface area contributed by atoms with E-state index in [1.807, 2.05) is 30.3 Å². The predicted octanol–water partition coefficient (Wildman–Crippen LogP) is 3.95. The van der Waals surface area contributed by atoms with Gasteiger partial charge >= 0.3 is 5.97 Å². The lowest BCUT2D eigenvalue weighted by atomic mass is 9.73. The van der Waals surface area contributed by atoms with Crippen molar-refractivity contribution < 1.29 is 28.5 Å². The van der Waals surface area contributed by atoms with Crippen LogP contribution in [0.5, 0.6) is 11.5 Å². The fourth-order valence-corrected chi connectivity index (χ4v) is 4.54. The number of ketones is 1. The van der Waals surface area contributed by atoms with Crippen molar-refractivity contribution in [2.45, 2.75) is 31.6 Å². The smallest absolute Gasteiger partial charge is 0.340 e. The quantitative estimate of drug-likeness (QED) is 0.667. The van der Waals surface area contributed by atoms with Crippen LogP contribution in [0.3, 0.4) is 0 Å². The molecule has 2 aliphatic rings. The first kappa shape index (κ1) is 22.5. The number of carbonyl (C=O) groups is 2. The summed E-state index contributed by atoms with van der Waals surface area (Å²) in [6.45, 7) is 1.88. The molecule has 1 aliphatic heterocycles. The van der Waals surface area contributed by atoms with Crippen LogP contribution in [0.2, 0.25) is 0 Å². The number of rotatable bonds is 6. The third-order valence-electron chi connectivity index (χ3n) is 6.06. The van der Waals surface area contributed by atoms with Crippen molar-refractivity contribution in [1.82, 2.24) is 0 Å². The largest absolute Gasteiger partial charge is 0.497 e. The summed E-state index contributed by atoms with van der Waals surface area (Å²) in [5.41, 5.74) is 8.46. The van der Waals surface area contributed by atoms with E-state index >= 15 is 0 Å².